The average Bonchev–Trinajstić information content (AvgIpc) is 2.32. The summed E-state index contributed by atoms with van der Waals surface area (Å²) in [4.78, 5) is 15.3. The van der Waals surface area contributed by atoms with Crippen LogP contribution in [0.15, 0.2) is 30.1 Å². The van der Waals surface area contributed by atoms with Crippen molar-refractivity contribution in [2.24, 2.45) is 0 Å². The molecule has 1 heterocycles. The van der Waals surface area contributed by atoms with E-state index in [1.165, 1.54) is 6.20 Å². The number of nitrogens with zero attached hydrogens (tertiary/aromatic N) is 2. The van der Waals surface area contributed by atoms with Crippen molar-refractivity contribution in [1.82, 2.24) is 4.98 Å². The van der Waals surface area contributed by atoms with E-state index in [9.17, 15) is 4.79 Å². The number of nitrogens with one attached hydrogen (secondary N) is 1. The van der Waals surface area contributed by atoms with Gasteiger partial charge in [-0.1, -0.05) is 6.07 Å². The summed E-state index contributed by atoms with van der Waals surface area (Å²) in [5, 5.41) is 11.5. The zero-order valence-electron chi connectivity index (χ0n) is 9.73. The number of rotatable bonds is 4. The van der Waals surface area contributed by atoms with Gasteiger partial charge < -0.3 is 10.1 Å². The van der Waals surface area contributed by atoms with E-state index in [4.69, 9.17) is 10.00 Å². The van der Waals surface area contributed by atoms with Crippen molar-refractivity contribution in [3.8, 4) is 6.07 Å². The summed E-state index contributed by atoms with van der Waals surface area (Å²) in [5.74, 6) is -0.0812. The largest absolute Gasteiger partial charge is 0.462 e. The molecule has 0 spiro atoms. The van der Waals surface area contributed by atoms with Gasteiger partial charge in [0.05, 0.1) is 6.61 Å². The second-order valence-electron chi connectivity index (χ2n) is 3.26. The highest BCUT2D eigenvalue weighted by Crippen LogP contribution is 2.05. The lowest BCUT2D eigenvalue weighted by Gasteiger charge is -2.02. The Morgan fingerprint density at radius 3 is 2.94 bits per heavy atom. The second kappa shape index (κ2) is 6.28. The molecule has 1 rings (SSSR count). The summed E-state index contributed by atoms with van der Waals surface area (Å²) in [6.07, 6.45) is 2.97. The minimum absolute atomic E-state index is 0.0887. The first-order valence-electron chi connectivity index (χ1n) is 5.14. The number of ether oxygens (including phenoxy) is 1. The minimum Gasteiger partial charge on any atom is -0.462 e. The van der Waals surface area contributed by atoms with Crippen molar-refractivity contribution in [3.63, 3.8) is 0 Å². The fourth-order valence-electron chi connectivity index (χ4n) is 1.04. The molecular weight excluding hydrogens is 218 g/mol. The first kappa shape index (κ1) is 12.7. The van der Waals surface area contributed by atoms with Gasteiger partial charge >= 0.3 is 5.97 Å². The van der Waals surface area contributed by atoms with Crippen LogP contribution >= 0.6 is 0 Å². The Labute approximate surface area is 99.7 Å². The molecule has 1 aromatic heterocycles. The van der Waals surface area contributed by atoms with Gasteiger partial charge in [-0.3, -0.25) is 0 Å². The Morgan fingerprint density at radius 1 is 1.65 bits per heavy atom. The molecule has 88 valence electrons. The molecule has 0 unspecified atom stereocenters. The molecule has 0 fully saturated rings. The van der Waals surface area contributed by atoms with Crippen molar-refractivity contribution in [2.45, 2.75) is 13.8 Å². The van der Waals surface area contributed by atoms with Crippen LogP contribution in [-0.2, 0) is 9.53 Å². The molecule has 17 heavy (non-hydrogen) atoms. The molecule has 1 aromatic rings. The zero-order chi connectivity index (χ0) is 12.7. The van der Waals surface area contributed by atoms with Crippen LogP contribution in [0.2, 0.25) is 0 Å². The van der Waals surface area contributed by atoms with Gasteiger partial charge in [-0.2, -0.15) is 5.26 Å². The molecule has 0 aliphatic heterocycles. The third-order valence-electron chi connectivity index (χ3n) is 1.89. The Kier molecular flexibility index (Phi) is 4.70. The normalized spacial score (nSPS) is 10.5. The van der Waals surface area contributed by atoms with Gasteiger partial charge in [-0.25, -0.2) is 9.78 Å². The maximum Gasteiger partial charge on any atom is 0.350 e. The molecule has 0 saturated heterocycles. The van der Waals surface area contributed by atoms with Crippen LogP contribution in [0.5, 0.6) is 0 Å². The van der Waals surface area contributed by atoms with E-state index in [0.29, 0.717) is 5.82 Å². The van der Waals surface area contributed by atoms with Crippen LogP contribution in [0.4, 0.5) is 5.82 Å². The van der Waals surface area contributed by atoms with Crippen molar-refractivity contribution < 1.29 is 9.53 Å². The predicted octanol–water partition coefficient (Wildman–Crippen LogP) is 1.77. The molecular formula is C12H13N3O2. The number of aromatic nitrogens is 1. The van der Waals surface area contributed by atoms with Crippen LogP contribution in [-0.4, -0.2) is 17.6 Å². The predicted molar refractivity (Wildman–Crippen MR) is 62.9 cm³/mol. The van der Waals surface area contributed by atoms with Gasteiger partial charge in [0.2, 0.25) is 0 Å². The highest BCUT2D eigenvalue weighted by molar-refractivity contribution is 5.93. The number of pyridine rings is 1. The fourth-order valence-corrected chi connectivity index (χ4v) is 1.04. The molecule has 1 N–H and O–H groups in total. The van der Waals surface area contributed by atoms with E-state index in [1.54, 1.807) is 25.3 Å². The monoisotopic (exact) mass is 231 g/mol. The number of carbonyl (C=O) groups excluding carboxylic acids is 1. The Morgan fingerprint density at radius 2 is 2.41 bits per heavy atom. The summed E-state index contributed by atoms with van der Waals surface area (Å²) in [6.45, 7) is 3.84. The van der Waals surface area contributed by atoms with Gasteiger partial charge in [-0.05, 0) is 25.5 Å². The number of esters is 1. The minimum atomic E-state index is -0.644. The molecule has 0 aliphatic carbocycles. The summed E-state index contributed by atoms with van der Waals surface area (Å²) >= 11 is 0. The van der Waals surface area contributed by atoms with Crippen LogP contribution in [0.3, 0.4) is 0 Å². The van der Waals surface area contributed by atoms with Gasteiger partial charge in [-0.15, -0.1) is 0 Å². The lowest BCUT2D eigenvalue weighted by molar-refractivity contribution is -0.138. The Hall–Kier alpha value is -2.35. The molecule has 5 heteroatoms. The molecule has 0 aromatic carbocycles. The zero-order valence-corrected chi connectivity index (χ0v) is 9.73. The van der Waals surface area contributed by atoms with Crippen molar-refractivity contribution >= 4 is 11.8 Å². The van der Waals surface area contributed by atoms with Crippen LogP contribution < -0.4 is 5.32 Å². The highest BCUT2D eigenvalue weighted by atomic mass is 16.5. The maximum atomic E-state index is 11.3. The van der Waals surface area contributed by atoms with Crippen LogP contribution in [0.1, 0.15) is 12.5 Å². The number of aryl methyl sites for hydroxylation is 1. The molecule has 0 saturated carbocycles. The lowest BCUT2D eigenvalue weighted by atomic mass is 10.3. The van der Waals surface area contributed by atoms with Gasteiger partial charge in [0, 0.05) is 12.4 Å². The Balaban J connectivity index is 2.71. The topological polar surface area (TPSA) is 75.0 Å². The van der Waals surface area contributed by atoms with Gasteiger partial charge in [0.15, 0.2) is 5.57 Å². The van der Waals surface area contributed by atoms with Crippen molar-refractivity contribution in [2.75, 3.05) is 11.9 Å². The second-order valence-corrected chi connectivity index (χ2v) is 3.26. The molecule has 0 radical (unpaired) electrons. The lowest BCUT2D eigenvalue weighted by Crippen LogP contribution is -2.08. The smallest absolute Gasteiger partial charge is 0.350 e. The van der Waals surface area contributed by atoms with E-state index in [-0.39, 0.29) is 12.2 Å². The van der Waals surface area contributed by atoms with Gasteiger partial charge in [0.25, 0.3) is 0 Å². The number of hydrogen-bond donors (Lipinski definition) is 1. The quantitative estimate of drug-likeness (QED) is 0.485. The van der Waals surface area contributed by atoms with E-state index >= 15 is 0 Å². The third kappa shape index (κ3) is 3.95. The molecule has 5 nitrogen and oxygen atoms in total. The molecule has 0 atom stereocenters. The number of anilines is 1. The van der Waals surface area contributed by atoms with Gasteiger partial charge in [0.1, 0.15) is 11.9 Å². The molecule has 0 amide bonds. The summed E-state index contributed by atoms with van der Waals surface area (Å²) in [6, 6.07) is 5.40. The first-order chi connectivity index (χ1) is 8.17. The molecule has 0 aliphatic rings. The number of carbonyl (C=O) groups is 1. The fraction of sp³-hybridized carbons (Fsp3) is 0.250. The van der Waals surface area contributed by atoms with Crippen LogP contribution in [0.25, 0.3) is 0 Å². The van der Waals surface area contributed by atoms with E-state index in [1.807, 2.05) is 13.0 Å². The first-order valence-corrected chi connectivity index (χ1v) is 5.14. The molecule has 0 bridgehead atoms. The standard InChI is InChI=1S/C12H13N3O2/c1-3-17-12(16)10(6-13)8-15-11-5-4-9(2)7-14-11/h4-5,7-8H,3H2,1-2H3,(H,14,15). The summed E-state index contributed by atoms with van der Waals surface area (Å²) in [7, 11) is 0. The number of nitriles is 1. The highest BCUT2D eigenvalue weighted by Gasteiger charge is 2.08. The third-order valence-corrected chi connectivity index (χ3v) is 1.89. The SMILES string of the molecule is CCOC(=O)C(C#N)=CNc1ccc(C)cn1. The van der Waals surface area contributed by atoms with Crippen molar-refractivity contribution in [3.05, 3.63) is 35.7 Å². The van der Waals surface area contributed by atoms with E-state index in [0.717, 1.165) is 5.56 Å². The van der Waals surface area contributed by atoms with E-state index in [2.05, 4.69) is 10.3 Å². The number of hydrogen-bond acceptors (Lipinski definition) is 5. The summed E-state index contributed by atoms with van der Waals surface area (Å²) < 4.78 is 4.71. The van der Waals surface area contributed by atoms with Crippen molar-refractivity contribution in [1.29, 1.82) is 5.26 Å². The average molecular weight is 231 g/mol. The van der Waals surface area contributed by atoms with Crippen LogP contribution in [0, 0.1) is 18.3 Å². The summed E-state index contributed by atoms with van der Waals surface area (Å²) in [5.41, 5.74) is 0.944. The maximum absolute atomic E-state index is 11.3. The van der Waals surface area contributed by atoms with E-state index < -0.39 is 5.97 Å². The Bertz CT molecular complexity index is 458.